The molecular formula is C12H7BrFN3. The fourth-order valence-electron chi connectivity index (χ4n) is 1.33. The van der Waals surface area contributed by atoms with E-state index in [1.165, 1.54) is 12.1 Å². The predicted octanol–water partition coefficient (Wildman–Crippen LogP) is 3.60. The minimum Gasteiger partial charge on any atom is -0.352 e. The van der Waals surface area contributed by atoms with E-state index in [4.69, 9.17) is 5.26 Å². The van der Waals surface area contributed by atoms with Crippen LogP contribution in [0, 0.1) is 17.1 Å². The highest BCUT2D eigenvalue weighted by Gasteiger charge is 2.05. The molecule has 3 nitrogen and oxygen atoms in total. The summed E-state index contributed by atoms with van der Waals surface area (Å²) in [7, 11) is 0. The molecule has 0 atom stereocenters. The second-order valence-corrected chi connectivity index (χ2v) is 4.11. The Balaban J connectivity index is 2.35. The second kappa shape index (κ2) is 4.93. The Bertz CT molecular complexity index is 593. The molecule has 0 fully saturated rings. The van der Waals surface area contributed by atoms with Crippen molar-refractivity contribution in [3.63, 3.8) is 0 Å². The summed E-state index contributed by atoms with van der Waals surface area (Å²) < 4.78 is 13.5. The molecule has 0 bridgehead atoms. The van der Waals surface area contributed by atoms with E-state index in [1.807, 2.05) is 6.07 Å². The highest BCUT2D eigenvalue weighted by atomic mass is 79.9. The highest BCUT2D eigenvalue weighted by molar-refractivity contribution is 9.10. The second-order valence-electron chi connectivity index (χ2n) is 3.26. The van der Waals surface area contributed by atoms with Crippen LogP contribution in [-0.4, -0.2) is 4.98 Å². The number of rotatable bonds is 2. The van der Waals surface area contributed by atoms with Gasteiger partial charge in [-0.05, 0) is 46.3 Å². The number of aromatic nitrogens is 1. The van der Waals surface area contributed by atoms with Gasteiger partial charge >= 0.3 is 0 Å². The normalized spacial score (nSPS) is 9.71. The molecule has 0 aliphatic heterocycles. The van der Waals surface area contributed by atoms with Crippen molar-refractivity contribution in [2.75, 3.05) is 5.32 Å². The van der Waals surface area contributed by atoms with Crippen molar-refractivity contribution >= 4 is 27.3 Å². The van der Waals surface area contributed by atoms with Crippen molar-refractivity contribution < 1.29 is 4.39 Å². The van der Waals surface area contributed by atoms with Crippen molar-refractivity contribution in [2.24, 2.45) is 0 Å². The zero-order valence-corrected chi connectivity index (χ0v) is 10.2. The zero-order valence-electron chi connectivity index (χ0n) is 8.61. The molecule has 2 rings (SSSR count). The first-order chi connectivity index (χ1) is 8.20. The summed E-state index contributed by atoms with van der Waals surface area (Å²) >= 11 is 3.25. The Morgan fingerprint density at radius 1 is 1.29 bits per heavy atom. The fourth-order valence-corrected chi connectivity index (χ4v) is 1.78. The summed E-state index contributed by atoms with van der Waals surface area (Å²) in [5.74, 6) is -0.325. The van der Waals surface area contributed by atoms with Gasteiger partial charge < -0.3 is 5.32 Å². The maximum Gasteiger partial charge on any atom is 0.163 e. The van der Waals surface area contributed by atoms with E-state index >= 15 is 0 Å². The first kappa shape index (κ1) is 11.6. The summed E-state index contributed by atoms with van der Waals surface area (Å²) in [5, 5.41) is 11.9. The van der Waals surface area contributed by atoms with Crippen LogP contribution in [0.4, 0.5) is 15.8 Å². The third kappa shape index (κ3) is 2.60. The molecule has 5 heteroatoms. The molecule has 0 aliphatic carbocycles. The van der Waals surface area contributed by atoms with Gasteiger partial charge in [0.15, 0.2) is 5.69 Å². The average Bonchev–Trinajstić information content (AvgIpc) is 2.33. The molecule has 0 saturated heterocycles. The number of anilines is 2. The van der Waals surface area contributed by atoms with E-state index in [-0.39, 0.29) is 5.82 Å². The molecule has 1 aromatic heterocycles. The first-order valence-electron chi connectivity index (χ1n) is 4.78. The lowest BCUT2D eigenvalue weighted by molar-refractivity contribution is 0.627. The van der Waals surface area contributed by atoms with Gasteiger partial charge in [0, 0.05) is 10.7 Å². The summed E-state index contributed by atoms with van der Waals surface area (Å²) in [6.07, 6.45) is 1.55. The van der Waals surface area contributed by atoms with Crippen LogP contribution < -0.4 is 5.32 Å². The van der Waals surface area contributed by atoms with Gasteiger partial charge in [0.1, 0.15) is 11.9 Å². The minimum atomic E-state index is -0.325. The van der Waals surface area contributed by atoms with E-state index < -0.39 is 0 Å². The van der Waals surface area contributed by atoms with Gasteiger partial charge in [0.2, 0.25) is 0 Å². The minimum absolute atomic E-state index is 0.295. The van der Waals surface area contributed by atoms with E-state index in [2.05, 4.69) is 26.2 Å². The van der Waals surface area contributed by atoms with Crippen molar-refractivity contribution in [3.05, 3.63) is 52.5 Å². The zero-order chi connectivity index (χ0) is 12.3. The van der Waals surface area contributed by atoms with E-state index in [0.717, 1.165) is 0 Å². The van der Waals surface area contributed by atoms with E-state index in [0.29, 0.717) is 21.5 Å². The SMILES string of the molecule is N#Cc1ncccc1Nc1ccc(F)cc1Br. The van der Waals surface area contributed by atoms with Crippen molar-refractivity contribution in [2.45, 2.75) is 0 Å². The lowest BCUT2D eigenvalue weighted by atomic mass is 10.2. The Morgan fingerprint density at radius 3 is 2.82 bits per heavy atom. The van der Waals surface area contributed by atoms with Gasteiger partial charge in [-0.15, -0.1) is 0 Å². The molecular weight excluding hydrogens is 285 g/mol. The highest BCUT2D eigenvalue weighted by Crippen LogP contribution is 2.27. The monoisotopic (exact) mass is 291 g/mol. The maximum atomic E-state index is 12.9. The van der Waals surface area contributed by atoms with Crippen LogP contribution in [0.1, 0.15) is 5.69 Å². The molecule has 0 amide bonds. The number of nitrogens with zero attached hydrogens (tertiary/aromatic N) is 2. The van der Waals surface area contributed by atoms with Gasteiger partial charge in [-0.1, -0.05) is 0 Å². The molecule has 0 saturated carbocycles. The molecule has 84 valence electrons. The number of benzene rings is 1. The fraction of sp³-hybridized carbons (Fsp3) is 0. The predicted molar refractivity (Wildman–Crippen MR) is 66.3 cm³/mol. The molecule has 1 heterocycles. The van der Waals surface area contributed by atoms with Crippen molar-refractivity contribution in [1.82, 2.24) is 4.98 Å². The Labute approximate surface area is 106 Å². The summed E-state index contributed by atoms with van der Waals surface area (Å²) in [6, 6.07) is 9.73. The van der Waals surface area contributed by atoms with Crippen LogP contribution in [-0.2, 0) is 0 Å². The Hall–Kier alpha value is -1.93. The molecule has 0 unspecified atom stereocenters. The van der Waals surface area contributed by atoms with Gasteiger partial charge in [-0.3, -0.25) is 0 Å². The van der Waals surface area contributed by atoms with Crippen LogP contribution in [0.15, 0.2) is 41.0 Å². The third-order valence-electron chi connectivity index (χ3n) is 2.11. The summed E-state index contributed by atoms with van der Waals surface area (Å²) in [6.45, 7) is 0. The summed E-state index contributed by atoms with van der Waals surface area (Å²) in [5.41, 5.74) is 1.56. The molecule has 1 N–H and O–H groups in total. The molecule has 0 spiro atoms. The standard InChI is InChI=1S/C12H7BrFN3/c13-9-6-8(14)3-4-10(9)17-11-2-1-5-16-12(11)7-15/h1-6,17H. The number of hydrogen-bond donors (Lipinski definition) is 1. The summed E-state index contributed by atoms with van der Waals surface area (Å²) in [4.78, 5) is 3.93. The van der Waals surface area contributed by atoms with Crippen molar-refractivity contribution in [1.29, 1.82) is 5.26 Å². The number of pyridine rings is 1. The van der Waals surface area contributed by atoms with Crippen molar-refractivity contribution in [3.8, 4) is 6.07 Å². The number of halogens is 2. The van der Waals surface area contributed by atoms with Gasteiger partial charge in [-0.25, -0.2) is 9.37 Å². The van der Waals surface area contributed by atoms with Crippen LogP contribution in [0.3, 0.4) is 0 Å². The molecule has 17 heavy (non-hydrogen) atoms. The molecule has 2 aromatic rings. The van der Waals surface area contributed by atoms with Gasteiger partial charge in [-0.2, -0.15) is 5.26 Å². The van der Waals surface area contributed by atoms with Gasteiger partial charge in [0.05, 0.1) is 11.4 Å². The molecule has 1 aromatic carbocycles. The lowest BCUT2D eigenvalue weighted by Gasteiger charge is -2.09. The topological polar surface area (TPSA) is 48.7 Å². The first-order valence-corrected chi connectivity index (χ1v) is 5.57. The molecule has 0 aliphatic rings. The Morgan fingerprint density at radius 2 is 2.12 bits per heavy atom. The van der Waals surface area contributed by atoms with Crippen LogP contribution >= 0.6 is 15.9 Å². The molecule has 0 radical (unpaired) electrons. The average molecular weight is 292 g/mol. The van der Waals surface area contributed by atoms with Gasteiger partial charge in [0.25, 0.3) is 0 Å². The van der Waals surface area contributed by atoms with Crippen LogP contribution in [0.5, 0.6) is 0 Å². The lowest BCUT2D eigenvalue weighted by Crippen LogP contribution is -1.96. The van der Waals surface area contributed by atoms with E-state index in [9.17, 15) is 4.39 Å². The quantitative estimate of drug-likeness (QED) is 0.920. The number of nitrogens with one attached hydrogen (secondary N) is 1. The van der Waals surface area contributed by atoms with E-state index in [1.54, 1.807) is 24.4 Å². The smallest absolute Gasteiger partial charge is 0.163 e. The number of nitriles is 1. The maximum absolute atomic E-state index is 12.9. The Kier molecular flexibility index (Phi) is 3.35. The van der Waals surface area contributed by atoms with Crippen LogP contribution in [0.25, 0.3) is 0 Å². The largest absolute Gasteiger partial charge is 0.352 e. The van der Waals surface area contributed by atoms with Crippen LogP contribution in [0.2, 0.25) is 0 Å². The number of hydrogen-bond acceptors (Lipinski definition) is 3. The third-order valence-corrected chi connectivity index (χ3v) is 2.77.